The van der Waals surface area contributed by atoms with Gasteiger partial charge in [-0.15, -0.1) is 11.3 Å². The first-order valence-corrected chi connectivity index (χ1v) is 8.26. The molecule has 0 radical (unpaired) electrons. The number of nitrogens with zero attached hydrogens (tertiary/aromatic N) is 1. The standard InChI is InChI=1S/C15H17BrN2S/c16-13-5-2-1-4-12(13)15(14-6-3-11-19-14)18-9-7-17-8-10-18/h1-6,11,15,17H,7-10H2/t15-/m0/s1. The lowest BCUT2D eigenvalue weighted by molar-refractivity contribution is 0.200. The third-order valence-electron chi connectivity index (χ3n) is 3.53. The van der Waals surface area contributed by atoms with E-state index in [1.165, 1.54) is 14.9 Å². The molecule has 1 saturated heterocycles. The Bertz CT molecular complexity index is 521. The minimum absolute atomic E-state index is 0.373. The van der Waals surface area contributed by atoms with Crippen molar-refractivity contribution >= 4 is 27.3 Å². The van der Waals surface area contributed by atoms with Crippen LogP contribution in [0.15, 0.2) is 46.3 Å². The van der Waals surface area contributed by atoms with Crippen molar-refractivity contribution in [3.8, 4) is 0 Å². The second-order valence-electron chi connectivity index (χ2n) is 4.73. The molecule has 1 atom stereocenters. The van der Waals surface area contributed by atoms with E-state index in [4.69, 9.17) is 0 Å². The molecule has 1 N–H and O–H groups in total. The highest BCUT2D eigenvalue weighted by Gasteiger charge is 2.25. The fourth-order valence-electron chi connectivity index (χ4n) is 2.61. The Morgan fingerprint density at radius 2 is 1.89 bits per heavy atom. The van der Waals surface area contributed by atoms with E-state index in [2.05, 4.69) is 67.9 Å². The zero-order valence-corrected chi connectivity index (χ0v) is 13.1. The van der Waals surface area contributed by atoms with Crippen LogP contribution in [0, 0.1) is 0 Å². The maximum atomic E-state index is 3.71. The van der Waals surface area contributed by atoms with E-state index in [1.54, 1.807) is 0 Å². The number of halogens is 1. The van der Waals surface area contributed by atoms with Gasteiger partial charge in [-0.05, 0) is 23.1 Å². The Balaban J connectivity index is 1.99. The van der Waals surface area contributed by atoms with Gasteiger partial charge in [-0.2, -0.15) is 0 Å². The van der Waals surface area contributed by atoms with Gasteiger partial charge in [0.1, 0.15) is 0 Å². The Kier molecular flexibility index (Phi) is 4.33. The number of hydrogen-bond donors (Lipinski definition) is 1. The first-order valence-electron chi connectivity index (χ1n) is 6.59. The monoisotopic (exact) mass is 336 g/mol. The lowest BCUT2D eigenvalue weighted by Gasteiger charge is -2.35. The number of thiophene rings is 1. The van der Waals surface area contributed by atoms with Gasteiger partial charge in [0.05, 0.1) is 6.04 Å². The van der Waals surface area contributed by atoms with Crippen molar-refractivity contribution in [3.05, 3.63) is 56.7 Å². The summed E-state index contributed by atoms with van der Waals surface area (Å²) in [6.45, 7) is 4.35. The maximum absolute atomic E-state index is 3.71. The van der Waals surface area contributed by atoms with E-state index in [0.717, 1.165) is 26.2 Å². The fraction of sp³-hybridized carbons (Fsp3) is 0.333. The van der Waals surface area contributed by atoms with Crippen LogP contribution in [0.4, 0.5) is 0 Å². The van der Waals surface area contributed by atoms with Crippen LogP contribution in [0.1, 0.15) is 16.5 Å². The molecule has 2 heterocycles. The number of rotatable bonds is 3. The maximum Gasteiger partial charge on any atom is 0.0707 e. The van der Waals surface area contributed by atoms with E-state index >= 15 is 0 Å². The third-order valence-corrected chi connectivity index (χ3v) is 5.18. The van der Waals surface area contributed by atoms with E-state index in [0.29, 0.717) is 6.04 Å². The van der Waals surface area contributed by atoms with E-state index < -0.39 is 0 Å². The molecule has 0 bridgehead atoms. The predicted molar refractivity (Wildman–Crippen MR) is 84.7 cm³/mol. The van der Waals surface area contributed by atoms with Crippen molar-refractivity contribution in [1.82, 2.24) is 10.2 Å². The molecule has 0 unspecified atom stereocenters. The summed E-state index contributed by atoms with van der Waals surface area (Å²) in [6, 6.07) is 13.3. The molecule has 1 aromatic carbocycles. The summed E-state index contributed by atoms with van der Waals surface area (Å²) in [6.07, 6.45) is 0. The molecule has 1 aliphatic heterocycles. The largest absolute Gasteiger partial charge is 0.314 e. The molecular formula is C15H17BrN2S. The first kappa shape index (κ1) is 13.3. The molecule has 0 amide bonds. The summed E-state index contributed by atoms with van der Waals surface area (Å²) in [5.74, 6) is 0. The molecular weight excluding hydrogens is 320 g/mol. The average molecular weight is 337 g/mol. The highest BCUT2D eigenvalue weighted by molar-refractivity contribution is 9.10. The molecule has 0 spiro atoms. The van der Waals surface area contributed by atoms with Gasteiger partial charge in [-0.3, -0.25) is 4.90 Å². The third kappa shape index (κ3) is 2.92. The van der Waals surface area contributed by atoms with Crippen molar-refractivity contribution in [2.75, 3.05) is 26.2 Å². The van der Waals surface area contributed by atoms with Crippen molar-refractivity contribution in [2.24, 2.45) is 0 Å². The van der Waals surface area contributed by atoms with Crippen LogP contribution < -0.4 is 5.32 Å². The van der Waals surface area contributed by atoms with Gasteiger partial charge in [-0.1, -0.05) is 40.2 Å². The summed E-state index contributed by atoms with van der Waals surface area (Å²) in [5, 5.41) is 5.60. The number of hydrogen-bond acceptors (Lipinski definition) is 3. The summed E-state index contributed by atoms with van der Waals surface area (Å²) in [5.41, 5.74) is 1.37. The lowest BCUT2D eigenvalue weighted by Crippen LogP contribution is -2.45. The number of nitrogens with one attached hydrogen (secondary N) is 1. The average Bonchev–Trinajstić information content (AvgIpc) is 2.96. The van der Waals surface area contributed by atoms with Gasteiger partial charge in [-0.25, -0.2) is 0 Å². The Morgan fingerprint density at radius 1 is 1.11 bits per heavy atom. The second-order valence-corrected chi connectivity index (χ2v) is 6.56. The second kappa shape index (κ2) is 6.18. The molecule has 100 valence electrons. The van der Waals surface area contributed by atoms with E-state index in [1.807, 2.05) is 11.3 Å². The highest BCUT2D eigenvalue weighted by atomic mass is 79.9. The van der Waals surface area contributed by atoms with Gasteiger partial charge < -0.3 is 5.32 Å². The minimum Gasteiger partial charge on any atom is -0.314 e. The van der Waals surface area contributed by atoms with Crippen LogP contribution in [0.5, 0.6) is 0 Å². The predicted octanol–water partition coefficient (Wildman–Crippen LogP) is 3.51. The van der Waals surface area contributed by atoms with Gasteiger partial charge >= 0.3 is 0 Å². The van der Waals surface area contributed by atoms with Crippen molar-refractivity contribution < 1.29 is 0 Å². The van der Waals surface area contributed by atoms with E-state index in [9.17, 15) is 0 Å². The summed E-state index contributed by atoms with van der Waals surface area (Å²) in [4.78, 5) is 4.00. The smallest absolute Gasteiger partial charge is 0.0707 e. The summed E-state index contributed by atoms with van der Waals surface area (Å²) in [7, 11) is 0. The zero-order valence-electron chi connectivity index (χ0n) is 10.7. The van der Waals surface area contributed by atoms with Gasteiger partial charge in [0.25, 0.3) is 0 Å². The van der Waals surface area contributed by atoms with Crippen molar-refractivity contribution in [3.63, 3.8) is 0 Å². The zero-order chi connectivity index (χ0) is 13.1. The van der Waals surface area contributed by atoms with Crippen LogP contribution in [-0.2, 0) is 0 Å². The lowest BCUT2D eigenvalue weighted by atomic mass is 10.0. The molecule has 2 nitrogen and oxygen atoms in total. The Hall–Kier alpha value is -0.680. The summed E-state index contributed by atoms with van der Waals surface area (Å²) >= 11 is 5.56. The number of benzene rings is 1. The van der Waals surface area contributed by atoms with Gasteiger partial charge in [0.15, 0.2) is 0 Å². The topological polar surface area (TPSA) is 15.3 Å². The van der Waals surface area contributed by atoms with Crippen LogP contribution in [0.25, 0.3) is 0 Å². The summed E-state index contributed by atoms with van der Waals surface area (Å²) < 4.78 is 1.20. The van der Waals surface area contributed by atoms with Gasteiger partial charge in [0.2, 0.25) is 0 Å². The number of piperazine rings is 1. The van der Waals surface area contributed by atoms with Gasteiger partial charge in [0, 0.05) is 35.5 Å². The molecule has 3 rings (SSSR count). The molecule has 0 aliphatic carbocycles. The molecule has 1 fully saturated rings. The molecule has 1 aromatic heterocycles. The Labute approximate surface area is 126 Å². The fourth-order valence-corrected chi connectivity index (χ4v) is 3.99. The SMILES string of the molecule is Brc1ccccc1[C@@H](c1cccs1)N1CCNCC1. The normalized spacial score (nSPS) is 18.4. The molecule has 1 aliphatic rings. The van der Waals surface area contributed by atoms with Crippen molar-refractivity contribution in [2.45, 2.75) is 6.04 Å². The van der Waals surface area contributed by atoms with Crippen LogP contribution in [-0.4, -0.2) is 31.1 Å². The first-order chi connectivity index (χ1) is 9.36. The Morgan fingerprint density at radius 3 is 2.58 bits per heavy atom. The molecule has 0 saturated carbocycles. The van der Waals surface area contributed by atoms with Crippen LogP contribution >= 0.6 is 27.3 Å². The minimum atomic E-state index is 0.373. The molecule has 2 aromatic rings. The van der Waals surface area contributed by atoms with E-state index in [-0.39, 0.29) is 0 Å². The van der Waals surface area contributed by atoms with Crippen molar-refractivity contribution in [1.29, 1.82) is 0 Å². The van der Waals surface area contributed by atoms with Crippen LogP contribution in [0.3, 0.4) is 0 Å². The highest BCUT2D eigenvalue weighted by Crippen LogP contribution is 2.35. The van der Waals surface area contributed by atoms with Crippen LogP contribution in [0.2, 0.25) is 0 Å². The molecule has 4 heteroatoms. The molecule has 19 heavy (non-hydrogen) atoms. The quantitative estimate of drug-likeness (QED) is 0.922.